The zero-order chi connectivity index (χ0) is 17.5. The predicted molar refractivity (Wildman–Crippen MR) is 100 cm³/mol. The van der Waals surface area contributed by atoms with Crippen LogP contribution in [-0.4, -0.2) is 23.5 Å². The number of amides is 1. The third-order valence-corrected chi connectivity index (χ3v) is 4.32. The van der Waals surface area contributed by atoms with Gasteiger partial charge in [-0.2, -0.15) is 0 Å². The fourth-order valence-electron chi connectivity index (χ4n) is 2.09. The Labute approximate surface area is 152 Å². The molecule has 0 saturated heterocycles. The Hall–Kier alpha value is -1.78. The van der Waals surface area contributed by atoms with Crippen molar-refractivity contribution in [3.05, 3.63) is 57.7 Å². The molecule has 1 aromatic heterocycles. The van der Waals surface area contributed by atoms with Crippen LogP contribution in [0, 0.1) is 0 Å². The lowest BCUT2D eigenvalue weighted by Gasteiger charge is -2.11. The smallest absolute Gasteiger partial charge is 0.253 e. The van der Waals surface area contributed by atoms with E-state index in [1.165, 1.54) is 0 Å². The van der Waals surface area contributed by atoms with Crippen LogP contribution in [0.3, 0.4) is 0 Å². The van der Waals surface area contributed by atoms with Crippen molar-refractivity contribution in [2.45, 2.75) is 32.7 Å². The molecule has 0 spiro atoms. The van der Waals surface area contributed by atoms with Crippen LogP contribution in [0.1, 0.15) is 36.2 Å². The Bertz CT molecular complexity index is 689. The molecule has 2 rings (SSSR count). The number of hydrogen-bond donors (Lipinski definition) is 2. The first kappa shape index (κ1) is 18.6. The molecule has 6 heteroatoms. The molecule has 1 aromatic carbocycles. The second-order valence-electron chi connectivity index (χ2n) is 5.63. The number of hydrogen-bond acceptors (Lipinski definition) is 3. The van der Waals surface area contributed by atoms with Crippen LogP contribution in [0.25, 0.3) is 0 Å². The number of nitrogens with zero attached hydrogens (tertiary/aromatic N) is 1. The maximum atomic E-state index is 12.0. The van der Waals surface area contributed by atoms with E-state index >= 15 is 0 Å². The van der Waals surface area contributed by atoms with E-state index in [9.17, 15) is 4.79 Å². The van der Waals surface area contributed by atoms with Crippen molar-refractivity contribution < 1.29 is 4.79 Å². The first-order valence-electron chi connectivity index (χ1n) is 7.94. The normalized spacial score (nSPS) is 11.8. The van der Waals surface area contributed by atoms with E-state index in [0.717, 1.165) is 24.2 Å². The second kappa shape index (κ2) is 8.90. The minimum atomic E-state index is -0.101. The summed E-state index contributed by atoms with van der Waals surface area (Å²) in [6.07, 6.45) is 3.23. The number of halogens is 2. The molecule has 1 amide bonds. The lowest BCUT2D eigenvalue weighted by molar-refractivity contribution is 0.0939. The maximum Gasteiger partial charge on any atom is 0.253 e. The Kier molecular flexibility index (Phi) is 6.88. The van der Waals surface area contributed by atoms with Crippen LogP contribution < -0.4 is 10.6 Å². The van der Waals surface area contributed by atoms with Gasteiger partial charge in [0.15, 0.2) is 0 Å². The lowest BCUT2D eigenvalue weighted by atomic mass is 10.1. The van der Waals surface area contributed by atoms with Gasteiger partial charge in [0, 0.05) is 28.8 Å². The van der Waals surface area contributed by atoms with Gasteiger partial charge in [0.2, 0.25) is 0 Å². The van der Waals surface area contributed by atoms with E-state index in [2.05, 4.69) is 15.6 Å². The standard InChI is InChI=1S/C18H21Cl2N3O/c1-3-12(2)23-18(24)14-5-7-17(22-11-14)21-9-8-13-4-6-15(19)10-16(13)20/h4-7,10-12H,3,8-9H2,1-2H3,(H,21,22)(H,23,24). The van der Waals surface area contributed by atoms with Crippen LogP contribution in [0.5, 0.6) is 0 Å². The first-order chi connectivity index (χ1) is 11.5. The number of benzene rings is 1. The third kappa shape index (κ3) is 5.39. The van der Waals surface area contributed by atoms with Gasteiger partial charge in [-0.25, -0.2) is 4.98 Å². The highest BCUT2D eigenvalue weighted by atomic mass is 35.5. The molecule has 0 bridgehead atoms. The molecular formula is C18H21Cl2N3O. The van der Waals surface area contributed by atoms with Crippen molar-refractivity contribution in [1.82, 2.24) is 10.3 Å². The van der Waals surface area contributed by atoms with Crippen molar-refractivity contribution in [1.29, 1.82) is 0 Å². The van der Waals surface area contributed by atoms with Crippen LogP contribution in [0.2, 0.25) is 10.0 Å². The van der Waals surface area contributed by atoms with Gasteiger partial charge in [0.1, 0.15) is 5.82 Å². The van der Waals surface area contributed by atoms with Gasteiger partial charge in [0.25, 0.3) is 5.91 Å². The summed E-state index contributed by atoms with van der Waals surface area (Å²) >= 11 is 12.0. The molecule has 2 aromatic rings. The number of pyridine rings is 1. The average Bonchev–Trinajstić information content (AvgIpc) is 2.57. The molecule has 1 atom stereocenters. The average molecular weight is 366 g/mol. The highest BCUT2D eigenvalue weighted by Crippen LogP contribution is 2.21. The molecule has 2 N–H and O–H groups in total. The fourth-order valence-corrected chi connectivity index (χ4v) is 2.59. The zero-order valence-corrected chi connectivity index (χ0v) is 15.3. The summed E-state index contributed by atoms with van der Waals surface area (Å²) in [6.45, 7) is 4.69. The van der Waals surface area contributed by atoms with Crippen molar-refractivity contribution in [3.8, 4) is 0 Å². The van der Waals surface area contributed by atoms with Crippen LogP contribution >= 0.6 is 23.2 Å². The molecule has 0 aliphatic heterocycles. The molecular weight excluding hydrogens is 345 g/mol. The zero-order valence-electron chi connectivity index (χ0n) is 13.8. The van der Waals surface area contributed by atoms with Crippen molar-refractivity contribution in [2.24, 2.45) is 0 Å². The third-order valence-electron chi connectivity index (χ3n) is 3.73. The minimum absolute atomic E-state index is 0.101. The van der Waals surface area contributed by atoms with E-state index in [-0.39, 0.29) is 11.9 Å². The highest BCUT2D eigenvalue weighted by Gasteiger charge is 2.09. The molecule has 1 unspecified atom stereocenters. The van der Waals surface area contributed by atoms with Gasteiger partial charge in [-0.1, -0.05) is 36.2 Å². The van der Waals surface area contributed by atoms with Gasteiger partial charge >= 0.3 is 0 Å². The molecule has 0 radical (unpaired) electrons. The molecule has 0 fully saturated rings. The quantitative estimate of drug-likeness (QED) is 0.755. The Morgan fingerprint density at radius 1 is 1.25 bits per heavy atom. The summed E-state index contributed by atoms with van der Waals surface area (Å²) in [4.78, 5) is 16.3. The molecule has 1 heterocycles. The SMILES string of the molecule is CCC(C)NC(=O)c1ccc(NCCc2ccc(Cl)cc2Cl)nc1. The van der Waals surface area contributed by atoms with E-state index in [1.807, 2.05) is 26.0 Å². The summed E-state index contributed by atoms with van der Waals surface area (Å²) in [6, 6.07) is 9.20. The predicted octanol–water partition coefficient (Wildman–Crippen LogP) is 4.57. The Morgan fingerprint density at radius 2 is 2.04 bits per heavy atom. The summed E-state index contributed by atoms with van der Waals surface area (Å²) in [5, 5.41) is 7.43. The number of carbonyl (C=O) groups is 1. The molecule has 128 valence electrons. The van der Waals surface area contributed by atoms with Gasteiger partial charge in [0.05, 0.1) is 5.56 Å². The van der Waals surface area contributed by atoms with Crippen LogP contribution in [-0.2, 0) is 6.42 Å². The number of rotatable bonds is 7. The van der Waals surface area contributed by atoms with E-state index in [1.54, 1.807) is 24.4 Å². The number of carbonyl (C=O) groups excluding carboxylic acids is 1. The molecule has 0 aliphatic carbocycles. The molecule has 24 heavy (non-hydrogen) atoms. The van der Waals surface area contributed by atoms with E-state index in [0.29, 0.717) is 22.2 Å². The first-order valence-corrected chi connectivity index (χ1v) is 8.70. The molecule has 0 saturated carbocycles. The highest BCUT2D eigenvalue weighted by molar-refractivity contribution is 6.35. The second-order valence-corrected chi connectivity index (χ2v) is 6.47. The topological polar surface area (TPSA) is 54.0 Å². The summed E-state index contributed by atoms with van der Waals surface area (Å²) in [5.74, 6) is 0.622. The summed E-state index contributed by atoms with van der Waals surface area (Å²) in [5.41, 5.74) is 1.58. The Balaban J connectivity index is 1.86. The van der Waals surface area contributed by atoms with Crippen molar-refractivity contribution >= 4 is 34.9 Å². The van der Waals surface area contributed by atoms with Crippen molar-refractivity contribution in [2.75, 3.05) is 11.9 Å². The summed E-state index contributed by atoms with van der Waals surface area (Å²) < 4.78 is 0. The largest absolute Gasteiger partial charge is 0.370 e. The number of anilines is 1. The maximum absolute atomic E-state index is 12.0. The molecule has 0 aliphatic rings. The van der Waals surface area contributed by atoms with Crippen LogP contribution in [0.4, 0.5) is 5.82 Å². The minimum Gasteiger partial charge on any atom is -0.370 e. The number of aromatic nitrogens is 1. The van der Waals surface area contributed by atoms with Gasteiger partial charge in [-0.15, -0.1) is 0 Å². The van der Waals surface area contributed by atoms with Crippen molar-refractivity contribution in [3.63, 3.8) is 0 Å². The van der Waals surface area contributed by atoms with E-state index < -0.39 is 0 Å². The Morgan fingerprint density at radius 3 is 2.67 bits per heavy atom. The van der Waals surface area contributed by atoms with Crippen LogP contribution in [0.15, 0.2) is 36.5 Å². The van der Waals surface area contributed by atoms with Gasteiger partial charge in [-0.05, 0) is 49.6 Å². The van der Waals surface area contributed by atoms with Gasteiger partial charge in [-0.3, -0.25) is 4.79 Å². The lowest BCUT2D eigenvalue weighted by Crippen LogP contribution is -2.31. The van der Waals surface area contributed by atoms with E-state index in [4.69, 9.17) is 23.2 Å². The number of nitrogens with one attached hydrogen (secondary N) is 2. The summed E-state index contributed by atoms with van der Waals surface area (Å²) in [7, 11) is 0. The monoisotopic (exact) mass is 365 g/mol. The fraction of sp³-hybridized carbons (Fsp3) is 0.333. The van der Waals surface area contributed by atoms with Gasteiger partial charge < -0.3 is 10.6 Å². The molecule has 4 nitrogen and oxygen atoms in total.